The Morgan fingerprint density at radius 1 is 1.82 bits per heavy atom. The summed E-state index contributed by atoms with van der Waals surface area (Å²) in [6, 6.07) is 8.46. The van der Waals surface area contributed by atoms with Crippen LogP contribution < -0.4 is 0 Å². The fraction of sp³-hybridized carbons (Fsp3) is 0.222. The molecule has 0 radical (unpaired) electrons. The fourth-order valence-electron chi connectivity index (χ4n) is 0.818. The summed E-state index contributed by atoms with van der Waals surface area (Å²) in [5.41, 5.74) is 1.85. The van der Waals surface area contributed by atoms with Gasteiger partial charge in [-0.3, -0.25) is 0 Å². The molecule has 0 aliphatic rings. The molecule has 58 valence electrons. The molecular weight excluding hydrogens is 308 g/mol. The van der Waals surface area contributed by atoms with Crippen LogP contribution in [0.15, 0.2) is 18.2 Å². The van der Waals surface area contributed by atoms with Crippen LogP contribution in [0.25, 0.3) is 0 Å². The third-order valence-electron chi connectivity index (χ3n) is 1.42. The van der Waals surface area contributed by atoms with Gasteiger partial charge in [-0.15, -0.1) is 0 Å². The van der Waals surface area contributed by atoms with Crippen LogP contribution in [0.3, 0.4) is 0 Å². The molecule has 0 heterocycles. The number of hydrogen-bond donors (Lipinski definition) is 0. The number of aldehydes is 1. The van der Waals surface area contributed by atoms with Gasteiger partial charge in [0.15, 0.2) is 0 Å². The molecule has 1 nitrogen and oxygen atoms in total. The van der Waals surface area contributed by atoms with Crippen molar-refractivity contribution in [1.29, 1.82) is 0 Å². The van der Waals surface area contributed by atoms with Crippen molar-refractivity contribution in [2.24, 2.45) is 0 Å². The van der Waals surface area contributed by atoms with Crippen LogP contribution in [0.1, 0.15) is 12.5 Å². The maximum atomic E-state index is 10.4. The Hall–Kier alpha value is -0.422. The zero-order chi connectivity index (χ0) is 8.27. The maximum absolute atomic E-state index is 10.4. The topological polar surface area (TPSA) is 17.1 Å². The Morgan fingerprint density at radius 3 is 3.09 bits per heavy atom. The number of carbonyl (C=O) groups excluding carboxylic acids is 1. The minimum absolute atomic E-state index is 0. The van der Waals surface area contributed by atoms with Crippen molar-refractivity contribution in [3.8, 4) is 0 Å². The minimum atomic E-state index is -0.560. The summed E-state index contributed by atoms with van der Waals surface area (Å²) in [5, 5.41) is 0. The molecule has 0 fully saturated rings. The molecule has 1 rings (SSSR count). The van der Waals surface area contributed by atoms with E-state index in [1.54, 1.807) is 6.07 Å². The molecule has 0 aliphatic heterocycles. The van der Waals surface area contributed by atoms with E-state index in [1.807, 2.05) is 19.1 Å². The molecular formula is C9H9OW-. The van der Waals surface area contributed by atoms with Crippen molar-refractivity contribution >= 4 is 6.26 Å². The first-order chi connectivity index (χ1) is 5.20. The standard InChI is InChI=1S/C9H9O.W/c1-8-4-2-3-5-9(8)6-7-10;/h2-4,7H,6H2,1H3;/q-1;/i7T;. The van der Waals surface area contributed by atoms with Crippen LogP contribution in [0.5, 0.6) is 0 Å². The maximum Gasteiger partial charge on any atom is 0.122 e. The summed E-state index contributed by atoms with van der Waals surface area (Å²) in [6.07, 6.45) is -0.386. The molecule has 0 aliphatic carbocycles. The van der Waals surface area contributed by atoms with E-state index >= 15 is 0 Å². The van der Waals surface area contributed by atoms with Crippen molar-refractivity contribution in [1.82, 2.24) is 0 Å². The van der Waals surface area contributed by atoms with E-state index in [2.05, 4.69) is 6.07 Å². The van der Waals surface area contributed by atoms with Gasteiger partial charge >= 0.3 is 0 Å². The van der Waals surface area contributed by atoms with E-state index < -0.39 is 6.26 Å². The van der Waals surface area contributed by atoms with Gasteiger partial charge in [0.2, 0.25) is 0 Å². The molecule has 0 unspecified atom stereocenters. The Kier molecular flexibility index (Phi) is 4.15. The van der Waals surface area contributed by atoms with Crippen LogP contribution >= 0.6 is 0 Å². The van der Waals surface area contributed by atoms with Gasteiger partial charge in [0.25, 0.3) is 0 Å². The zero-order valence-corrected chi connectivity index (χ0v) is 9.19. The van der Waals surface area contributed by atoms with Gasteiger partial charge in [-0.05, 0) is 0 Å². The van der Waals surface area contributed by atoms with Crippen LogP contribution in [0.4, 0.5) is 0 Å². The van der Waals surface area contributed by atoms with Crippen LogP contribution in [0, 0.1) is 13.0 Å². The molecule has 0 saturated heterocycles. The second-order valence-corrected chi connectivity index (χ2v) is 2.15. The molecule has 0 saturated carbocycles. The van der Waals surface area contributed by atoms with Crippen LogP contribution in [-0.2, 0) is 32.3 Å². The third kappa shape index (κ3) is 2.98. The van der Waals surface area contributed by atoms with Crippen molar-refractivity contribution in [2.45, 2.75) is 13.3 Å². The van der Waals surface area contributed by atoms with Gasteiger partial charge in [0, 0.05) is 27.5 Å². The molecule has 0 bridgehead atoms. The van der Waals surface area contributed by atoms with E-state index in [0.29, 0.717) is 0 Å². The monoisotopic (exact) mass is 319 g/mol. The predicted molar refractivity (Wildman–Crippen MR) is 39.8 cm³/mol. The first-order valence-corrected chi connectivity index (χ1v) is 3.16. The summed E-state index contributed by atoms with van der Waals surface area (Å²) >= 11 is 0. The number of carbonyl (C=O) groups is 1. The number of benzene rings is 1. The van der Waals surface area contributed by atoms with Crippen molar-refractivity contribution in [2.75, 3.05) is 0 Å². The normalized spacial score (nSPS) is 9.73. The number of rotatable bonds is 2. The van der Waals surface area contributed by atoms with Gasteiger partial charge in [-0.25, -0.2) is 0 Å². The number of aryl methyl sites for hydroxylation is 1. The number of hydrogen-bond acceptors (Lipinski definition) is 1. The molecule has 0 spiro atoms. The minimum Gasteiger partial charge on any atom is -0.303 e. The van der Waals surface area contributed by atoms with Crippen molar-refractivity contribution < 1.29 is 27.2 Å². The third-order valence-corrected chi connectivity index (χ3v) is 1.42. The van der Waals surface area contributed by atoms with Crippen LogP contribution in [-0.4, -0.2) is 6.26 Å². The van der Waals surface area contributed by atoms with E-state index in [9.17, 15) is 4.79 Å². The first-order valence-electron chi connectivity index (χ1n) is 3.66. The summed E-state index contributed by atoms with van der Waals surface area (Å²) in [6.45, 7) is 1.91. The average molecular weight is 319 g/mol. The van der Waals surface area contributed by atoms with Crippen molar-refractivity contribution in [3.63, 3.8) is 0 Å². The van der Waals surface area contributed by atoms with Gasteiger partial charge in [-0.2, -0.15) is 35.4 Å². The Morgan fingerprint density at radius 2 is 2.55 bits per heavy atom. The summed E-state index contributed by atoms with van der Waals surface area (Å²) in [5.74, 6) is 0. The summed E-state index contributed by atoms with van der Waals surface area (Å²) < 4.78 is 6.75. The van der Waals surface area contributed by atoms with Crippen LogP contribution in [0.2, 0.25) is 0 Å². The Labute approximate surface area is 82.5 Å². The molecule has 2 heteroatoms. The molecule has 0 aromatic heterocycles. The quantitative estimate of drug-likeness (QED) is 0.597. The van der Waals surface area contributed by atoms with E-state index in [-0.39, 0.29) is 27.5 Å². The smallest absolute Gasteiger partial charge is 0.122 e. The van der Waals surface area contributed by atoms with Gasteiger partial charge in [-0.1, -0.05) is 6.92 Å². The van der Waals surface area contributed by atoms with Crippen molar-refractivity contribution in [3.05, 3.63) is 35.4 Å². The predicted octanol–water partition coefficient (Wildman–Crippen LogP) is 1.53. The zero-order valence-electron chi connectivity index (χ0n) is 7.26. The van der Waals surface area contributed by atoms with Gasteiger partial charge in [0.1, 0.15) is 7.63 Å². The molecule has 0 atom stereocenters. The molecule has 1 aromatic rings. The SMILES string of the molecule is [3H]C(=O)Cc1[c-]cccc1C.[W]. The molecule has 0 amide bonds. The second-order valence-electron chi connectivity index (χ2n) is 2.15. The van der Waals surface area contributed by atoms with Gasteiger partial charge < -0.3 is 4.79 Å². The summed E-state index contributed by atoms with van der Waals surface area (Å²) in [4.78, 5) is 10.4. The molecule has 1 aromatic carbocycles. The molecule has 0 N–H and O–H groups in total. The van der Waals surface area contributed by atoms with Gasteiger partial charge in [0.05, 0.1) is 0 Å². The van der Waals surface area contributed by atoms with E-state index in [0.717, 1.165) is 11.1 Å². The fourth-order valence-corrected chi connectivity index (χ4v) is 0.818. The first kappa shape index (κ1) is 8.67. The second kappa shape index (κ2) is 5.26. The largest absolute Gasteiger partial charge is 0.303 e. The van der Waals surface area contributed by atoms with E-state index in [4.69, 9.17) is 1.37 Å². The summed E-state index contributed by atoms with van der Waals surface area (Å²) in [7, 11) is 0. The Balaban J connectivity index is 0.00000121. The molecule has 11 heavy (non-hydrogen) atoms. The average Bonchev–Trinajstić information content (AvgIpc) is 1.93. The Bertz CT molecular complexity index is 273. The van der Waals surface area contributed by atoms with E-state index in [1.165, 1.54) is 0 Å².